The average molecular weight is 740 g/mol. The standard InChI is InChI=1S/C57H41N/c1-3-18-40(35-38-19-8-5-9-20-38)44(4-2)45-33-31-42(36-51(45)39-21-10-6-11-22-39)58(41-23-12-7-13-24-41)43-32-34-54-52(37-43)50-29-17-28-49-48-27-16-26-47-46-25-14-15-30-53(46)57(54,55(47)48)56(49)50/h3-34,36-37H,2,35H2,1H3/b18-3-,44-40-. The van der Waals surface area contributed by atoms with E-state index < -0.39 is 0 Å². The van der Waals surface area contributed by atoms with Gasteiger partial charge in [-0.1, -0.05) is 176 Å². The third kappa shape index (κ3) is 4.90. The molecule has 3 aliphatic rings. The molecular weight excluding hydrogens is 699 g/mol. The summed E-state index contributed by atoms with van der Waals surface area (Å²) in [5.74, 6) is 0. The normalized spacial score (nSPS) is 15.4. The molecule has 3 aliphatic carbocycles. The van der Waals surface area contributed by atoms with Crippen LogP contribution in [0.3, 0.4) is 0 Å². The first kappa shape index (κ1) is 34.1. The summed E-state index contributed by atoms with van der Waals surface area (Å²) in [7, 11) is 0. The zero-order valence-electron chi connectivity index (χ0n) is 32.5. The molecule has 0 aliphatic heterocycles. The summed E-state index contributed by atoms with van der Waals surface area (Å²) in [4.78, 5) is 2.42. The largest absolute Gasteiger partial charge is 0.310 e. The zero-order valence-corrected chi connectivity index (χ0v) is 32.5. The van der Waals surface area contributed by atoms with Crippen LogP contribution in [-0.2, 0) is 11.8 Å². The minimum atomic E-state index is -0.306. The topological polar surface area (TPSA) is 3.24 Å². The lowest BCUT2D eigenvalue weighted by Crippen LogP contribution is -2.23. The number of hydrogen-bond donors (Lipinski definition) is 0. The number of anilines is 3. The average Bonchev–Trinajstić information content (AvgIpc) is 3.88. The van der Waals surface area contributed by atoms with E-state index in [9.17, 15) is 0 Å². The number of nitrogens with zero attached hydrogens (tertiary/aromatic N) is 1. The van der Waals surface area contributed by atoms with Crippen molar-refractivity contribution in [3.8, 4) is 44.5 Å². The highest BCUT2D eigenvalue weighted by atomic mass is 15.1. The highest BCUT2D eigenvalue weighted by Crippen LogP contribution is 2.70. The molecule has 58 heavy (non-hydrogen) atoms. The van der Waals surface area contributed by atoms with Gasteiger partial charge in [-0.15, -0.1) is 0 Å². The minimum Gasteiger partial charge on any atom is -0.310 e. The Labute approximate surface area is 341 Å². The van der Waals surface area contributed by atoms with Crippen molar-refractivity contribution in [1.29, 1.82) is 0 Å². The predicted molar refractivity (Wildman–Crippen MR) is 244 cm³/mol. The van der Waals surface area contributed by atoms with Gasteiger partial charge in [0, 0.05) is 17.1 Å². The van der Waals surface area contributed by atoms with Crippen LogP contribution in [0.2, 0.25) is 0 Å². The molecule has 0 aromatic heterocycles. The predicted octanol–water partition coefficient (Wildman–Crippen LogP) is 14.9. The summed E-state index contributed by atoms with van der Waals surface area (Å²) in [5, 5.41) is 0. The number of fused-ring (bicyclic) bond motifs is 5. The molecule has 1 unspecified atom stereocenters. The Kier molecular flexibility index (Phi) is 7.91. The van der Waals surface area contributed by atoms with Crippen LogP contribution < -0.4 is 4.90 Å². The summed E-state index contributed by atoms with van der Waals surface area (Å²) < 4.78 is 0. The van der Waals surface area contributed by atoms with Crippen LogP contribution >= 0.6 is 0 Å². The van der Waals surface area contributed by atoms with Crippen molar-refractivity contribution in [2.45, 2.75) is 18.8 Å². The van der Waals surface area contributed by atoms with Gasteiger partial charge in [-0.3, -0.25) is 0 Å². The van der Waals surface area contributed by atoms with Crippen molar-refractivity contribution in [3.05, 3.63) is 252 Å². The molecule has 0 saturated carbocycles. The molecule has 0 saturated heterocycles. The lowest BCUT2D eigenvalue weighted by molar-refractivity contribution is 0.818. The Hall–Kier alpha value is -7.22. The summed E-state index contributed by atoms with van der Waals surface area (Å²) in [6.07, 6.45) is 7.22. The molecule has 11 rings (SSSR count). The van der Waals surface area contributed by atoms with E-state index in [2.05, 4.69) is 219 Å². The maximum atomic E-state index is 4.38. The molecular formula is C57H41N. The quantitative estimate of drug-likeness (QED) is 0.133. The van der Waals surface area contributed by atoms with Gasteiger partial charge in [0.2, 0.25) is 0 Å². The molecule has 274 valence electrons. The van der Waals surface area contributed by atoms with Gasteiger partial charge in [-0.05, 0) is 139 Å². The van der Waals surface area contributed by atoms with Crippen LogP contribution in [0.5, 0.6) is 0 Å². The Balaban J connectivity index is 1.12. The maximum Gasteiger partial charge on any atom is 0.0737 e. The summed E-state index contributed by atoms with van der Waals surface area (Å²) in [6, 6.07) is 69.4. The van der Waals surface area contributed by atoms with Crippen LogP contribution in [-0.4, -0.2) is 0 Å². The van der Waals surface area contributed by atoms with Crippen molar-refractivity contribution in [3.63, 3.8) is 0 Å². The van der Waals surface area contributed by atoms with E-state index in [1.54, 1.807) is 0 Å². The number of hydrogen-bond acceptors (Lipinski definition) is 1. The van der Waals surface area contributed by atoms with Gasteiger partial charge in [0.1, 0.15) is 0 Å². The van der Waals surface area contributed by atoms with E-state index in [0.717, 1.165) is 34.6 Å². The minimum absolute atomic E-state index is 0.306. The van der Waals surface area contributed by atoms with Crippen LogP contribution in [0.15, 0.2) is 218 Å². The number of para-hydroxylation sites is 1. The van der Waals surface area contributed by atoms with Gasteiger partial charge in [-0.2, -0.15) is 0 Å². The SMILES string of the molecule is C=C/C(=C(\C=C/C)Cc1ccccc1)c1ccc(N(c2ccccc2)c2ccc3c(c2)-c2cccc4c2C32c3ccccc3-c3cccc-4c32)cc1-c1ccccc1. The van der Waals surface area contributed by atoms with Crippen LogP contribution in [0.1, 0.15) is 40.3 Å². The van der Waals surface area contributed by atoms with E-state index in [1.807, 2.05) is 6.08 Å². The molecule has 1 nitrogen and oxygen atoms in total. The summed E-state index contributed by atoms with van der Waals surface area (Å²) in [6.45, 7) is 6.47. The molecule has 0 N–H and O–H groups in total. The molecule has 1 spiro atoms. The van der Waals surface area contributed by atoms with Gasteiger partial charge in [0.15, 0.2) is 0 Å². The first-order chi connectivity index (χ1) is 28.7. The maximum absolute atomic E-state index is 4.38. The van der Waals surface area contributed by atoms with E-state index in [4.69, 9.17) is 0 Å². The van der Waals surface area contributed by atoms with E-state index >= 15 is 0 Å². The number of rotatable bonds is 9. The zero-order chi connectivity index (χ0) is 38.8. The molecule has 0 radical (unpaired) electrons. The van der Waals surface area contributed by atoms with Gasteiger partial charge in [0.25, 0.3) is 0 Å². The first-order valence-electron chi connectivity index (χ1n) is 20.3. The van der Waals surface area contributed by atoms with Gasteiger partial charge in [-0.25, -0.2) is 0 Å². The molecule has 0 heterocycles. The Morgan fingerprint density at radius 3 is 1.71 bits per heavy atom. The van der Waals surface area contributed by atoms with Crippen molar-refractivity contribution in [2.75, 3.05) is 4.90 Å². The molecule has 8 aromatic rings. The highest BCUT2D eigenvalue weighted by molar-refractivity contribution is 6.06. The molecule has 1 atom stereocenters. The van der Waals surface area contributed by atoms with Gasteiger partial charge in [0.05, 0.1) is 5.41 Å². The van der Waals surface area contributed by atoms with Crippen molar-refractivity contribution >= 4 is 22.6 Å². The molecule has 8 aromatic carbocycles. The Morgan fingerprint density at radius 2 is 1.03 bits per heavy atom. The van der Waals surface area contributed by atoms with Gasteiger partial charge < -0.3 is 4.90 Å². The van der Waals surface area contributed by atoms with Gasteiger partial charge >= 0.3 is 0 Å². The van der Waals surface area contributed by atoms with E-state index in [0.29, 0.717) is 0 Å². The first-order valence-corrected chi connectivity index (χ1v) is 20.3. The molecule has 0 fully saturated rings. The fraction of sp³-hybridized carbons (Fsp3) is 0.0526. The lowest BCUT2D eigenvalue weighted by Gasteiger charge is -2.29. The van der Waals surface area contributed by atoms with Crippen LogP contribution in [0, 0.1) is 0 Å². The molecule has 1 heteroatoms. The second kappa shape index (κ2) is 13.5. The fourth-order valence-corrected chi connectivity index (χ4v) is 10.3. The highest BCUT2D eigenvalue weighted by Gasteiger charge is 2.57. The van der Waals surface area contributed by atoms with Crippen molar-refractivity contribution < 1.29 is 0 Å². The molecule has 0 bridgehead atoms. The monoisotopic (exact) mass is 739 g/mol. The lowest BCUT2D eigenvalue weighted by atomic mass is 9.73. The Morgan fingerprint density at radius 1 is 0.500 bits per heavy atom. The Bertz CT molecular complexity index is 2970. The smallest absolute Gasteiger partial charge is 0.0737 e. The summed E-state index contributed by atoms with van der Waals surface area (Å²) >= 11 is 0. The number of benzene rings is 8. The fourth-order valence-electron chi connectivity index (χ4n) is 10.3. The molecule has 0 amide bonds. The summed E-state index contributed by atoms with van der Waals surface area (Å²) in [5.41, 5.74) is 23.9. The van der Waals surface area contributed by atoms with Crippen LogP contribution in [0.4, 0.5) is 17.1 Å². The van der Waals surface area contributed by atoms with Crippen LogP contribution in [0.25, 0.3) is 50.1 Å². The third-order valence-corrected chi connectivity index (χ3v) is 12.6. The third-order valence-electron chi connectivity index (χ3n) is 12.6. The van der Waals surface area contributed by atoms with E-state index in [-0.39, 0.29) is 5.41 Å². The number of allylic oxidation sites excluding steroid dienone is 5. The van der Waals surface area contributed by atoms with Crippen molar-refractivity contribution in [2.24, 2.45) is 0 Å². The van der Waals surface area contributed by atoms with Crippen molar-refractivity contribution in [1.82, 2.24) is 0 Å². The second-order valence-electron chi connectivity index (χ2n) is 15.6. The van der Waals surface area contributed by atoms with E-state index in [1.165, 1.54) is 77.9 Å². The second-order valence-corrected chi connectivity index (χ2v) is 15.6.